The van der Waals surface area contributed by atoms with Crippen molar-refractivity contribution >= 4 is 22.9 Å². The third-order valence-corrected chi connectivity index (χ3v) is 6.52. The number of likely N-dealkylation sites (tertiary alicyclic amines) is 1. The number of β-amino-alcohol motifs (C(OH)–C–C–N with tert-alkyl or cyclic N) is 1. The predicted octanol–water partition coefficient (Wildman–Crippen LogP) is 1.51. The number of carbonyl (C=O) groups excluding carboxylic acids is 1. The highest BCUT2D eigenvalue weighted by Gasteiger charge is 2.39. The molecule has 168 valence electrons. The third-order valence-electron chi connectivity index (χ3n) is 6.52. The van der Waals surface area contributed by atoms with Crippen molar-refractivity contribution < 1.29 is 29.2 Å². The lowest BCUT2D eigenvalue weighted by Crippen LogP contribution is -2.39. The molecule has 2 aromatic rings. The smallest absolute Gasteiger partial charge is 0.260 e. The zero-order valence-corrected chi connectivity index (χ0v) is 17.4. The minimum Gasteiger partial charge on any atom is -0.487 e. The van der Waals surface area contributed by atoms with Crippen LogP contribution < -0.4 is 5.32 Å². The van der Waals surface area contributed by atoms with E-state index in [-0.39, 0.29) is 12.5 Å². The zero-order valence-electron chi connectivity index (χ0n) is 17.4. The maximum Gasteiger partial charge on any atom is 0.260 e. The summed E-state index contributed by atoms with van der Waals surface area (Å²) in [7, 11) is 0. The number of hydrogen-bond acceptors (Lipinski definition) is 6. The molecule has 1 saturated heterocycles. The number of hydrogen-bond donors (Lipinski definition) is 4. The third kappa shape index (κ3) is 3.59. The molecular weight excluding hydrogens is 415 g/mol. The molecule has 3 aliphatic rings. The molecule has 4 N–H and O–H groups in total. The van der Waals surface area contributed by atoms with Crippen molar-refractivity contribution in [3.05, 3.63) is 64.5 Å². The molecule has 1 amide bonds. The van der Waals surface area contributed by atoms with Gasteiger partial charge in [0.25, 0.3) is 5.91 Å². The van der Waals surface area contributed by atoms with Crippen LogP contribution in [-0.2, 0) is 22.6 Å². The molecule has 7 nitrogen and oxygen atoms in total. The number of aliphatic hydroxyl groups is 3. The summed E-state index contributed by atoms with van der Waals surface area (Å²) in [6.45, 7) is 1.17. The van der Waals surface area contributed by atoms with E-state index in [1.807, 2.05) is 17.0 Å². The molecule has 2 aromatic carbocycles. The van der Waals surface area contributed by atoms with Crippen LogP contribution >= 0.6 is 0 Å². The van der Waals surface area contributed by atoms with Gasteiger partial charge >= 0.3 is 0 Å². The van der Waals surface area contributed by atoms with Gasteiger partial charge in [0.1, 0.15) is 18.2 Å². The van der Waals surface area contributed by atoms with Crippen LogP contribution in [0.2, 0.25) is 0 Å². The lowest BCUT2D eigenvalue weighted by atomic mass is 9.98. The van der Waals surface area contributed by atoms with Crippen LogP contribution in [0.15, 0.2) is 36.4 Å². The van der Waals surface area contributed by atoms with Crippen LogP contribution in [0.1, 0.15) is 28.7 Å². The standard InChI is InChI=1S/C24H25FN2O5/c25-15-4-6-18-17(9-15)21(24(31)26-18)23-16-5-3-13(8-14(16)12-32-23)2-1-7-27-10-20(29)22(30)19(27)11-28/h3-6,8-9,19-20,22,28-30H,1-2,7,10-12H2,(H,26,31)/b23-21+/t19-,20-,22-/m1/s1. The molecule has 3 atom stereocenters. The molecule has 0 spiro atoms. The number of amides is 1. The molecule has 8 heteroatoms. The number of nitrogens with one attached hydrogen (secondary N) is 1. The highest BCUT2D eigenvalue weighted by atomic mass is 19.1. The number of aryl methyl sites for hydroxylation is 1. The maximum atomic E-state index is 13.8. The lowest BCUT2D eigenvalue weighted by molar-refractivity contribution is -0.110. The van der Waals surface area contributed by atoms with Crippen molar-refractivity contribution in [3.8, 4) is 0 Å². The van der Waals surface area contributed by atoms with Gasteiger partial charge in [0, 0.05) is 28.9 Å². The minimum absolute atomic E-state index is 0.188. The van der Waals surface area contributed by atoms with Crippen molar-refractivity contribution in [2.24, 2.45) is 0 Å². The van der Waals surface area contributed by atoms with Gasteiger partial charge in [-0.1, -0.05) is 18.2 Å². The van der Waals surface area contributed by atoms with Crippen molar-refractivity contribution in [1.82, 2.24) is 4.90 Å². The molecule has 0 saturated carbocycles. The Hall–Kier alpha value is -2.78. The first kappa shape index (κ1) is 21.1. The van der Waals surface area contributed by atoms with Crippen molar-refractivity contribution in [2.75, 3.05) is 25.0 Å². The highest BCUT2D eigenvalue weighted by Crippen LogP contribution is 2.42. The van der Waals surface area contributed by atoms with E-state index in [1.165, 1.54) is 12.1 Å². The fourth-order valence-electron chi connectivity index (χ4n) is 4.87. The Morgan fingerprint density at radius 2 is 2.00 bits per heavy atom. The molecule has 3 heterocycles. The molecule has 1 fully saturated rings. The van der Waals surface area contributed by atoms with Crippen LogP contribution in [0, 0.1) is 5.82 Å². The second-order valence-corrected chi connectivity index (χ2v) is 8.53. The van der Waals surface area contributed by atoms with Crippen LogP contribution in [0.5, 0.6) is 0 Å². The Balaban J connectivity index is 1.32. The summed E-state index contributed by atoms with van der Waals surface area (Å²) < 4.78 is 19.6. The zero-order chi connectivity index (χ0) is 22.4. The number of fused-ring (bicyclic) bond motifs is 2. The Bertz CT molecular complexity index is 1100. The molecule has 0 aromatic heterocycles. The van der Waals surface area contributed by atoms with Crippen LogP contribution in [0.25, 0.3) is 11.3 Å². The number of benzene rings is 2. The monoisotopic (exact) mass is 440 g/mol. The molecule has 0 bridgehead atoms. The Kier molecular flexibility index (Phi) is 5.46. The normalized spacial score (nSPS) is 26.8. The SMILES string of the molecule is O=C1Nc2ccc(F)cc2/C1=C1\OCc2cc(CCCN3C[C@@H](O)[C@H](O)[C@H]3CO)ccc21. The van der Waals surface area contributed by atoms with E-state index in [4.69, 9.17) is 4.74 Å². The van der Waals surface area contributed by atoms with E-state index in [0.717, 1.165) is 29.5 Å². The van der Waals surface area contributed by atoms with Gasteiger partial charge in [-0.3, -0.25) is 9.69 Å². The number of aliphatic hydroxyl groups excluding tert-OH is 3. The number of anilines is 1. The van der Waals surface area contributed by atoms with Gasteiger partial charge in [-0.05, 0) is 43.1 Å². The van der Waals surface area contributed by atoms with Gasteiger partial charge in [0.15, 0.2) is 0 Å². The predicted molar refractivity (Wildman–Crippen MR) is 116 cm³/mol. The number of ether oxygens (including phenoxy) is 1. The van der Waals surface area contributed by atoms with Crippen molar-refractivity contribution in [1.29, 1.82) is 0 Å². The van der Waals surface area contributed by atoms with Gasteiger partial charge in [-0.15, -0.1) is 0 Å². The lowest BCUT2D eigenvalue weighted by Gasteiger charge is -2.23. The summed E-state index contributed by atoms with van der Waals surface area (Å²) in [6.07, 6.45) is -0.162. The van der Waals surface area contributed by atoms with Gasteiger partial charge < -0.3 is 25.4 Å². The number of carbonyl (C=O) groups is 1. The first-order chi connectivity index (χ1) is 15.5. The second kappa shape index (κ2) is 8.29. The van der Waals surface area contributed by atoms with E-state index in [1.54, 1.807) is 6.07 Å². The van der Waals surface area contributed by atoms with Gasteiger partial charge in [0.2, 0.25) is 0 Å². The van der Waals surface area contributed by atoms with Crippen LogP contribution in [0.4, 0.5) is 10.1 Å². The number of rotatable bonds is 5. The average Bonchev–Trinajstić information content (AvgIpc) is 3.40. The van der Waals surface area contributed by atoms with Crippen LogP contribution in [0.3, 0.4) is 0 Å². The van der Waals surface area contributed by atoms with E-state index in [0.29, 0.717) is 42.3 Å². The first-order valence-electron chi connectivity index (χ1n) is 10.8. The molecule has 32 heavy (non-hydrogen) atoms. The Morgan fingerprint density at radius 1 is 1.16 bits per heavy atom. The summed E-state index contributed by atoms with van der Waals surface area (Å²) in [4.78, 5) is 14.5. The fourth-order valence-corrected chi connectivity index (χ4v) is 4.87. The number of halogens is 1. The second-order valence-electron chi connectivity index (χ2n) is 8.53. The molecule has 0 unspecified atom stereocenters. The molecule has 5 rings (SSSR count). The average molecular weight is 440 g/mol. The summed E-state index contributed by atoms with van der Waals surface area (Å²) in [5.41, 5.74) is 4.36. The fraction of sp³-hybridized carbons (Fsp3) is 0.375. The first-order valence-corrected chi connectivity index (χ1v) is 10.8. The Labute approximate surface area is 184 Å². The van der Waals surface area contributed by atoms with Crippen molar-refractivity contribution in [3.63, 3.8) is 0 Å². The van der Waals surface area contributed by atoms with E-state index < -0.39 is 24.1 Å². The summed E-state index contributed by atoms with van der Waals surface area (Å²) in [5, 5.41) is 32.0. The summed E-state index contributed by atoms with van der Waals surface area (Å²) >= 11 is 0. The minimum atomic E-state index is -0.921. The van der Waals surface area contributed by atoms with E-state index in [9.17, 15) is 24.5 Å². The Morgan fingerprint density at radius 3 is 2.81 bits per heavy atom. The largest absolute Gasteiger partial charge is 0.487 e. The van der Waals surface area contributed by atoms with Gasteiger partial charge in [-0.2, -0.15) is 0 Å². The number of nitrogens with zero attached hydrogens (tertiary/aromatic N) is 1. The van der Waals surface area contributed by atoms with Crippen molar-refractivity contribution in [2.45, 2.75) is 37.7 Å². The topological polar surface area (TPSA) is 102 Å². The molecular formula is C24H25FN2O5. The molecule has 3 aliphatic heterocycles. The van der Waals surface area contributed by atoms with Gasteiger partial charge in [-0.25, -0.2) is 4.39 Å². The summed E-state index contributed by atoms with van der Waals surface area (Å²) in [6, 6.07) is 9.76. The quantitative estimate of drug-likeness (QED) is 0.526. The van der Waals surface area contributed by atoms with Crippen LogP contribution in [-0.4, -0.2) is 64.1 Å². The maximum absolute atomic E-state index is 13.8. The van der Waals surface area contributed by atoms with Gasteiger partial charge in [0.05, 0.1) is 30.4 Å². The van der Waals surface area contributed by atoms with E-state index >= 15 is 0 Å². The molecule has 0 aliphatic carbocycles. The molecule has 0 radical (unpaired) electrons. The summed E-state index contributed by atoms with van der Waals surface area (Å²) in [5.74, 6) is -0.237. The van der Waals surface area contributed by atoms with E-state index in [2.05, 4.69) is 11.4 Å². The highest BCUT2D eigenvalue weighted by molar-refractivity contribution is 6.36.